The average molecular weight is 219 g/mol. The fourth-order valence-corrected chi connectivity index (χ4v) is 1.45. The Kier molecular flexibility index (Phi) is 4.74. The Labute approximate surface area is 96.3 Å². The fourth-order valence-electron chi connectivity index (χ4n) is 1.45. The smallest absolute Gasteiger partial charge is 0.144 e. The normalized spacial score (nSPS) is 11.9. The minimum Gasteiger partial charge on any atom is -0.384 e. The van der Waals surface area contributed by atoms with Crippen LogP contribution in [0.15, 0.2) is 12.3 Å². The monoisotopic (exact) mass is 219 g/mol. The second kappa shape index (κ2) is 6.09. The van der Waals surface area contributed by atoms with Gasteiger partial charge in [0.15, 0.2) is 0 Å². The van der Waals surface area contributed by atoms with Crippen LogP contribution in [0.2, 0.25) is 0 Å². The van der Waals surface area contributed by atoms with Crippen molar-refractivity contribution in [2.75, 3.05) is 25.6 Å². The highest BCUT2D eigenvalue weighted by molar-refractivity contribution is 5.55. The molecule has 16 heavy (non-hydrogen) atoms. The van der Waals surface area contributed by atoms with E-state index in [4.69, 9.17) is 10.00 Å². The standard InChI is InChI=1S/C12H17N3O/c1-9(8-16-3)7-15-12-11(6-13)10(2)4-5-14-12/h4-5,9H,7-8H2,1-3H3,(H,14,15). The van der Waals surface area contributed by atoms with Gasteiger partial charge in [-0.3, -0.25) is 0 Å². The van der Waals surface area contributed by atoms with Crippen molar-refractivity contribution >= 4 is 5.82 Å². The van der Waals surface area contributed by atoms with E-state index in [0.717, 1.165) is 12.1 Å². The Morgan fingerprint density at radius 3 is 3.00 bits per heavy atom. The molecule has 0 fully saturated rings. The van der Waals surface area contributed by atoms with Crippen LogP contribution in [0.1, 0.15) is 18.1 Å². The van der Waals surface area contributed by atoms with Gasteiger partial charge >= 0.3 is 0 Å². The lowest BCUT2D eigenvalue weighted by Gasteiger charge is -2.13. The lowest BCUT2D eigenvalue weighted by Crippen LogP contribution is -2.17. The number of pyridine rings is 1. The fraction of sp³-hybridized carbons (Fsp3) is 0.500. The van der Waals surface area contributed by atoms with Crippen molar-refractivity contribution in [3.05, 3.63) is 23.4 Å². The lowest BCUT2D eigenvalue weighted by molar-refractivity contribution is 0.164. The number of nitrogens with zero attached hydrogens (tertiary/aromatic N) is 2. The summed E-state index contributed by atoms with van der Waals surface area (Å²) < 4.78 is 5.05. The molecule has 0 saturated heterocycles. The molecule has 0 saturated carbocycles. The second-order valence-corrected chi connectivity index (χ2v) is 3.90. The summed E-state index contributed by atoms with van der Waals surface area (Å²) in [6.07, 6.45) is 1.71. The minimum atomic E-state index is 0.388. The number of nitrogens with one attached hydrogen (secondary N) is 1. The molecule has 0 aliphatic heterocycles. The third-order valence-corrected chi connectivity index (χ3v) is 2.34. The first kappa shape index (κ1) is 12.5. The Morgan fingerprint density at radius 1 is 1.62 bits per heavy atom. The van der Waals surface area contributed by atoms with E-state index in [0.29, 0.717) is 23.9 Å². The van der Waals surface area contributed by atoms with Crippen LogP contribution in [-0.4, -0.2) is 25.2 Å². The Morgan fingerprint density at radius 2 is 2.38 bits per heavy atom. The summed E-state index contributed by atoms with van der Waals surface area (Å²) in [4.78, 5) is 4.17. The first-order valence-electron chi connectivity index (χ1n) is 5.27. The summed E-state index contributed by atoms with van der Waals surface area (Å²) in [5, 5.41) is 12.2. The van der Waals surface area contributed by atoms with Crippen molar-refractivity contribution in [3.63, 3.8) is 0 Å². The third-order valence-electron chi connectivity index (χ3n) is 2.34. The molecule has 4 heteroatoms. The van der Waals surface area contributed by atoms with Crippen LogP contribution < -0.4 is 5.32 Å². The molecule has 1 N–H and O–H groups in total. The molecule has 0 aromatic carbocycles. The van der Waals surface area contributed by atoms with Gasteiger partial charge in [0.1, 0.15) is 11.9 Å². The molecular weight excluding hydrogens is 202 g/mol. The van der Waals surface area contributed by atoms with Gasteiger partial charge in [-0.1, -0.05) is 6.92 Å². The molecule has 1 aromatic rings. The SMILES string of the molecule is COCC(C)CNc1nccc(C)c1C#N. The molecule has 0 spiro atoms. The number of hydrogen-bond acceptors (Lipinski definition) is 4. The number of nitriles is 1. The zero-order chi connectivity index (χ0) is 12.0. The zero-order valence-electron chi connectivity index (χ0n) is 9.95. The van der Waals surface area contributed by atoms with Crippen molar-refractivity contribution in [2.45, 2.75) is 13.8 Å². The highest BCUT2D eigenvalue weighted by Gasteiger charge is 2.07. The second-order valence-electron chi connectivity index (χ2n) is 3.90. The molecule has 1 heterocycles. The summed E-state index contributed by atoms with van der Waals surface area (Å²) in [5.74, 6) is 1.05. The van der Waals surface area contributed by atoms with Crippen LogP contribution in [-0.2, 0) is 4.74 Å². The number of methoxy groups -OCH3 is 1. The molecule has 1 rings (SSSR count). The van der Waals surface area contributed by atoms with E-state index in [1.54, 1.807) is 13.3 Å². The highest BCUT2D eigenvalue weighted by atomic mass is 16.5. The highest BCUT2D eigenvalue weighted by Crippen LogP contribution is 2.15. The molecule has 0 amide bonds. The largest absolute Gasteiger partial charge is 0.384 e. The molecule has 0 aliphatic carbocycles. The predicted molar refractivity (Wildman–Crippen MR) is 63.2 cm³/mol. The molecule has 1 aromatic heterocycles. The van der Waals surface area contributed by atoms with Crippen molar-refractivity contribution in [3.8, 4) is 6.07 Å². The van der Waals surface area contributed by atoms with E-state index in [1.807, 2.05) is 13.0 Å². The Bertz CT molecular complexity index is 384. The predicted octanol–water partition coefficient (Wildman–Crippen LogP) is 1.96. The van der Waals surface area contributed by atoms with Gasteiger partial charge in [0.05, 0.1) is 12.2 Å². The zero-order valence-corrected chi connectivity index (χ0v) is 9.95. The van der Waals surface area contributed by atoms with Gasteiger partial charge in [-0.15, -0.1) is 0 Å². The topological polar surface area (TPSA) is 57.9 Å². The molecule has 4 nitrogen and oxygen atoms in total. The van der Waals surface area contributed by atoms with E-state index < -0.39 is 0 Å². The van der Waals surface area contributed by atoms with E-state index in [-0.39, 0.29) is 0 Å². The maximum absolute atomic E-state index is 9.01. The summed E-state index contributed by atoms with van der Waals surface area (Å²) in [6.45, 7) is 5.43. The average Bonchev–Trinajstić information content (AvgIpc) is 2.27. The van der Waals surface area contributed by atoms with Crippen LogP contribution in [0.4, 0.5) is 5.82 Å². The van der Waals surface area contributed by atoms with Crippen molar-refractivity contribution in [1.82, 2.24) is 4.98 Å². The molecule has 1 unspecified atom stereocenters. The van der Waals surface area contributed by atoms with Crippen molar-refractivity contribution in [1.29, 1.82) is 5.26 Å². The number of aromatic nitrogens is 1. The quantitative estimate of drug-likeness (QED) is 0.822. The first-order valence-corrected chi connectivity index (χ1v) is 5.27. The first-order chi connectivity index (χ1) is 7.69. The third kappa shape index (κ3) is 3.21. The summed E-state index contributed by atoms with van der Waals surface area (Å²) in [6, 6.07) is 4.00. The molecule has 1 atom stereocenters. The number of ether oxygens (including phenoxy) is 1. The van der Waals surface area contributed by atoms with Crippen LogP contribution in [0.3, 0.4) is 0 Å². The van der Waals surface area contributed by atoms with E-state index in [1.165, 1.54) is 0 Å². The van der Waals surface area contributed by atoms with Gasteiger partial charge in [0, 0.05) is 19.9 Å². The lowest BCUT2D eigenvalue weighted by atomic mass is 10.1. The van der Waals surface area contributed by atoms with Crippen LogP contribution in [0.25, 0.3) is 0 Å². The van der Waals surface area contributed by atoms with Gasteiger partial charge in [-0.2, -0.15) is 5.26 Å². The van der Waals surface area contributed by atoms with Gasteiger partial charge in [0.2, 0.25) is 0 Å². The van der Waals surface area contributed by atoms with Gasteiger partial charge in [-0.25, -0.2) is 4.98 Å². The Balaban J connectivity index is 2.67. The van der Waals surface area contributed by atoms with Crippen molar-refractivity contribution < 1.29 is 4.74 Å². The molecular formula is C12H17N3O. The van der Waals surface area contributed by atoms with Crippen LogP contribution in [0.5, 0.6) is 0 Å². The number of aryl methyl sites for hydroxylation is 1. The van der Waals surface area contributed by atoms with Crippen LogP contribution >= 0.6 is 0 Å². The number of rotatable bonds is 5. The maximum Gasteiger partial charge on any atom is 0.144 e. The van der Waals surface area contributed by atoms with Crippen molar-refractivity contribution in [2.24, 2.45) is 5.92 Å². The van der Waals surface area contributed by atoms with Gasteiger partial charge in [-0.05, 0) is 24.5 Å². The summed E-state index contributed by atoms with van der Waals surface area (Å²) in [5.41, 5.74) is 1.56. The van der Waals surface area contributed by atoms with E-state index in [9.17, 15) is 0 Å². The maximum atomic E-state index is 9.01. The molecule has 0 aliphatic rings. The van der Waals surface area contributed by atoms with Gasteiger partial charge < -0.3 is 10.1 Å². The molecule has 86 valence electrons. The van der Waals surface area contributed by atoms with Crippen LogP contribution in [0, 0.1) is 24.2 Å². The summed E-state index contributed by atoms with van der Waals surface area (Å²) >= 11 is 0. The minimum absolute atomic E-state index is 0.388. The van der Waals surface area contributed by atoms with E-state index in [2.05, 4.69) is 23.3 Å². The number of hydrogen-bond donors (Lipinski definition) is 1. The Hall–Kier alpha value is -1.60. The molecule has 0 radical (unpaired) electrons. The van der Waals surface area contributed by atoms with E-state index >= 15 is 0 Å². The number of anilines is 1. The summed E-state index contributed by atoms with van der Waals surface area (Å²) in [7, 11) is 1.68. The van der Waals surface area contributed by atoms with Gasteiger partial charge in [0.25, 0.3) is 0 Å². The molecule has 0 bridgehead atoms.